The smallest absolute Gasteiger partial charge is 0.281 e. The van der Waals surface area contributed by atoms with Crippen LogP contribution < -0.4 is 5.49 Å². The van der Waals surface area contributed by atoms with Crippen LogP contribution in [0.3, 0.4) is 0 Å². The van der Waals surface area contributed by atoms with Crippen molar-refractivity contribution in [2.75, 3.05) is 0 Å². The molecular weight excluding hydrogens is 380 g/mol. The number of halogens is 4. The predicted octanol–water partition coefficient (Wildman–Crippen LogP) is 5.16. The van der Waals surface area contributed by atoms with Gasteiger partial charge in [-0.2, -0.15) is 18.2 Å². The van der Waals surface area contributed by atoms with Gasteiger partial charge < -0.3 is 0 Å². The molecule has 2 aromatic rings. The van der Waals surface area contributed by atoms with Crippen molar-refractivity contribution >= 4 is 17.4 Å². The van der Waals surface area contributed by atoms with E-state index >= 15 is 0 Å². The van der Waals surface area contributed by atoms with Crippen molar-refractivity contribution in [1.82, 2.24) is 3.96 Å². The molecule has 0 radical (unpaired) electrons. The van der Waals surface area contributed by atoms with E-state index in [9.17, 15) is 22.4 Å². The monoisotopic (exact) mass is 400 g/mol. The number of carbonyl (C=O) groups is 1. The molecule has 0 aliphatic heterocycles. The van der Waals surface area contributed by atoms with Crippen LogP contribution in [0.25, 0.3) is 0 Å². The molecule has 1 aromatic heterocycles. The molecule has 0 atom stereocenters. The summed E-state index contributed by atoms with van der Waals surface area (Å²) in [4.78, 5) is 17.4. The maximum Gasteiger partial charge on any atom is 0.416 e. The first-order valence-electron chi connectivity index (χ1n) is 8.62. The Bertz CT molecular complexity index is 930. The zero-order chi connectivity index (χ0) is 20.0. The molecule has 0 saturated heterocycles. The van der Waals surface area contributed by atoms with Crippen LogP contribution in [0.2, 0.25) is 0 Å². The summed E-state index contributed by atoms with van der Waals surface area (Å²) in [5.41, 5.74) is -1.55. The Balaban J connectivity index is 2.03. The van der Waals surface area contributed by atoms with Gasteiger partial charge in [-0.1, -0.05) is 32.3 Å². The molecule has 3 nitrogen and oxygen atoms in total. The molecule has 0 unspecified atom stereocenters. The number of amides is 1. The standard InChI is InChI=1S/C19H20F4N2OS/c1-18(2,3)15-9-16(25(27-15)10-11-4-5-11)24-17(26)13-8-12(19(21,22)23)6-7-14(13)20/h6-9,11H,4-5,10H2,1-3H3. The lowest BCUT2D eigenvalue weighted by Crippen LogP contribution is -2.18. The number of hydrogen-bond donors (Lipinski definition) is 0. The molecular formula is C19H20F4N2OS. The molecule has 8 heteroatoms. The highest BCUT2D eigenvalue weighted by atomic mass is 32.1. The molecule has 146 valence electrons. The zero-order valence-corrected chi connectivity index (χ0v) is 16.0. The summed E-state index contributed by atoms with van der Waals surface area (Å²) in [5.74, 6) is -1.51. The van der Waals surface area contributed by atoms with Gasteiger partial charge in [-0.05, 0) is 48.4 Å². The first kappa shape index (κ1) is 19.8. The minimum atomic E-state index is -4.66. The van der Waals surface area contributed by atoms with E-state index in [-0.39, 0.29) is 5.41 Å². The van der Waals surface area contributed by atoms with Crippen LogP contribution in [0.4, 0.5) is 17.6 Å². The van der Waals surface area contributed by atoms with Crippen molar-refractivity contribution in [3.05, 3.63) is 51.6 Å². The SMILES string of the molecule is CC(C)(C)c1cc(=NC(=O)c2cc(C(F)(F)F)ccc2F)n(CC2CC2)s1. The van der Waals surface area contributed by atoms with Gasteiger partial charge in [0.25, 0.3) is 5.91 Å². The van der Waals surface area contributed by atoms with Crippen molar-refractivity contribution in [2.45, 2.75) is 51.7 Å². The highest BCUT2D eigenvalue weighted by Crippen LogP contribution is 2.33. The summed E-state index contributed by atoms with van der Waals surface area (Å²) in [6.07, 6.45) is -2.45. The molecule has 0 N–H and O–H groups in total. The van der Waals surface area contributed by atoms with Crippen LogP contribution in [-0.4, -0.2) is 9.86 Å². The van der Waals surface area contributed by atoms with Gasteiger partial charge in [-0.25, -0.2) is 4.39 Å². The first-order chi connectivity index (χ1) is 12.4. The van der Waals surface area contributed by atoms with E-state index in [1.54, 1.807) is 6.07 Å². The maximum atomic E-state index is 14.0. The Morgan fingerprint density at radius 2 is 1.89 bits per heavy atom. The van der Waals surface area contributed by atoms with Gasteiger partial charge >= 0.3 is 6.18 Å². The van der Waals surface area contributed by atoms with Crippen LogP contribution in [0.5, 0.6) is 0 Å². The number of alkyl halides is 3. The molecule has 27 heavy (non-hydrogen) atoms. The lowest BCUT2D eigenvalue weighted by Gasteiger charge is -2.14. The van der Waals surface area contributed by atoms with Gasteiger partial charge in [-0.15, -0.1) is 0 Å². The zero-order valence-electron chi connectivity index (χ0n) is 15.2. The number of hydrogen-bond acceptors (Lipinski definition) is 2. The summed E-state index contributed by atoms with van der Waals surface area (Å²) in [6, 6.07) is 3.54. The third-order valence-electron chi connectivity index (χ3n) is 4.32. The van der Waals surface area contributed by atoms with Crippen molar-refractivity contribution in [3.8, 4) is 0 Å². The Hall–Kier alpha value is -1.96. The summed E-state index contributed by atoms with van der Waals surface area (Å²) < 4.78 is 54.5. The van der Waals surface area contributed by atoms with Crippen molar-refractivity contribution in [1.29, 1.82) is 0 Å². The van der Waals surface area contributed by atoms with E-state index in [0.717, 1.165) is 17.7 Å². The first-order valence-corrected chi connectivity index (χ1v) is 9.40. The summed E-state index contributed by atoms with van der Waals surface area (Å²) in [6.45, 7) is 6.78. The Kier molecular flexibility index (Phi) is 5.05. The average molecular weight is 400 g/mol. The summed E-state index contributed by atoms with van der Waals surface area (Å²) in [7, 11) is 0. The second-order valence-corrected chi connectivity index (χ2v) is 8.89. The second-order valence-electron chi connectivity index (χ2n) is 7.82. The highest BCUT2D eigenvalue weighted by Gasteiger charge is 2.32. The number of nitrogens with zero attached hydrogens (tertiary/aromatic N) is 2. The van der Waals surface area contributed by atoms with Crippen LogP contribution >= 0.6 is 11.5 Å². The van der Waals surface area contributed by atoms with Crippen molar-refractivity contribution in [3.63, 3.8) is 0 Å². The lowest BCUT2D eigenvalue weighted by molar-refractivity contribution is -0.137. The van der Waals surface area contributed by atoms with E-state index < -0.39 is 29.0 Å². The number of aromatic nitrogens is 1. The van der Waals surface area contributed by atoms with E-state index in [2.05, 4.69) is 4.99 Å². The average Bonchev–Trinajstić information content (AvgIpc) is 3.26. The molecule has 3 rings (SSSR count). The lowest BCUT2D eigenvalue weighted by atomic mass is 9.95. The largest absolute Gasteiger partial charge is 0.416 e. The third-order valence-corrected chi connectivity index (χ3v) is 5.81. The fourth-order valence-electron chi connectivity index (χ4n) is 2.52. The van der Waals surface area contributed by atoms with Crippen molar-refractivity contribution in [2.24, 2.45) is 10.9 Å². The minimum Gasteiger partial charge on any atom is -0.281 e. The molecule has 0 bridgehead atoms. The van der Waals surface area contributed by atoms with Gasteiger partial charge in [0.2, 0.25) is 0 Å². The Morgan fingerprint density at radius 1 is 1.22 bits per heavy atom. The normalized spacial score (nSPS) is 16.0. The molecule has 1 aliphatic rings. The van der Waals surface area contributed by atoms with Crippen LogP contribution in [0.1, 0.15) is 54.4 Å². The molecule has 1 saturated carbocycles. The van der Waals surface area contributed by atoms with E-state index in [1.165, 1.54) is 11.5 Å². The molecule has 0 spiro atoms. The van der Waals surface area contributed by atoms with Gasteiger partial charge in [0.1, 0.15) is 11.3 Å². The second kappa shape index (κ2) is 6.89. The summed E-state index contributed by atoms with van der Waals surface area (Å²) in [5, 5.41) is 0. The fraction of sp³-hybridized carbons (Fsp3) is 0.474. The maximum absolute atomic E-state index is 14.0. The summed E-state index contributed by atoms with van der Waals surface area (Å²) >= 11 is 1.48. The van der Waals surface area contributed by atoms with Crippen molar-refractivity contribution < 1.29 is 22.4 Å². The molecule has 1 heterocycles. The number of benzene rings is 1. The van der Waals surface area contributed by atoms with Crippen LogP contribution in [-0.2, 0) is 18.1 Å². The topological polar surface area (TPSA) is 34.4 Å². The number of rotatable bonds is 3. The Morgan fingerprint density at radius 3 is 2.44 bits per heavy atom. The Labute approximate surface area is 158 Å². The third kappa shape index (κ3) is 4.66. The fourth-order valence-corrected chi connectivity index (χ4v) is 3.66. The van der Waals surface area contributed by atoms with E-state index in [1.807, 2.05) is 24.7 Å². The highest BCUT2D eigenvalue weighted by molar-refractivity contribution is 7.06. The van der Waals surface area contributed by atoms with Crippen LogP contribution in [0.15, 0.2) is 29.3 Å². The minimum absolute atomic E-state index is 0.158. The molecule has 1 aromatic carbocycles. The molecule has 1 aliphatic carbocycles. The van der Waals surface area contributed by atoms with Crippen LogP contribution in [0, 0.1) is 11.7 Å². The van der Waals surface area contributed by atoms with E-state index in [0.29, 0.717) is 36.1 Å². The van der Waals surface area contributed by atoms with Gasteiger partial charge in [-0.3, -0.25) is 8.75 Å². The van der Waals surface area contributed by atoms with Gasteiger partial charge in [0, 0.05) is 11.4 Å². The van der Waals surface area contributed by atoms with Gasteiger partial charge in [0.05, 0.1) is 11.1 Å². The number of carbonyl (C=O) groups excluding carboxylic acids is 1. The molecule has 1 amide bonds. The predicted molar refractivity (Wildman–Crippen MR) is 95.0 cm³/mol. The quantitative estimate of drug-likeness (QED) is 0.656. The van der Waals surface area contributed by atoms with E-state index in [4.69, 9.17) is 0 Å². The van der Waals surface area contributed by atoms with Gasteiger partial charge in [0.15, 0.2) is 0 Å². The molecule has 1 fully saturated rings.